The van der Waals surface area contributed by atoms with E-state index in [4.69, 9.17) is 12.2 Å². The zero-order chi connectivity index (χ0) is 15.9. The Balaban J connectivity index is 1.71. The van der Waals surface area contributed by atoms with Crippen molar-refractivity contribution in [2.45, 2.75) is 12.8 Å². The van der Waals surface area contributed by atoms with Crippen LogP contribution in [0.15, 0.2) is 42.5 Å². The topological polar surface area (TPSA) is 24.1 Å². The van der Waals surface area contributed by atoms with Gasteiger partial charge in [-0.05, 0) is 54.9 Å². The normalized spacial score (nSPS) is 10.3. The molecule has 0 atom stereocenters. The van der Waals surface area contributed by atoms with Crippen molar-refractivity contribution in [2.75, 3.05) is 11.9 Å². The van der Waals surface area contributed by atoms with Gasteiger partial charge < -0.3 is 10.6 Å². The first-order valence-corrected chi connectivity index (χ1v) is 7.20. The van der Waals surface area contributed by atoms with E-state index in [9.17, 15) is 13.2 Å². The van der Waals surface area contributed by atoms with Gasteiger partial charge in [-0.2, -0.15) is 0 Å². The van der Waals surface area contributed by atoms with Crippen LogP contribution in [0.3, 0.4) is 0 Å². The number of rotatable bonds is 5. The summed E-state index contributed by atoms with van der Waals surface area (Å²) in [6, 6.07) is 9.83. The summed E-state index contributed by atoms with van der Waals surface area (Å²) in [5.74, 6) is -2.08. The number of hydrogen-bond donors (Lipinski definition) is 2. The van der Waals surface area contributed by atoms with Crippen LogP contribution < -0.4 is 10.6 Å². The molecule has 2 aromatic carbocycles. The van der Waals surface area contributed by atoms with Gasteiger partial charge in [0.25, 0.3) is 0 Å². The molecule has 0 aliphatic rings. The monoisotopic (exact) mass is 324 g/mol. The lowest BCUT2D eigenvalue weighted by Gasteiger charge is -2.10. The van der Waals surface area contributed by atoms with Crippen LogP contribution in [-0.2, 0) is 6.42 Å². The molecule has 0 bridgehead atoms. The Bertz CT molecular complexity index is 644. The van der Waals surface area contributed by atoms with Gasteiger partial charge in [-0.25, -0.2) is 13.2 Å². The Kier molecular flexibility index (Phi) is 5.77. The molecule has 0 fully saturated rings. The molecule has 2 aromatic rings. The van der Waals surface area contributed by atoms with Crippen molar-refractivity contribution >= 4 is 23.0 Å². The van der Waals surface area contributed by atoms with Crippen LogP contribution in [-0.4, -0.2) is 11.7 Å². The van der Waals surface area contributed by atoms with Crippen molar-refractivity contribution in [3.8, 4) is 0 Å². The van der Waals surface area contributed by atoms with Crippen molar-refractivity contribution in [3.05, 3.63) is 65.5 Å². The van der Waals surface area contributed by atoms with E-state index in [-0.39, 0.29) is 5.82 Å². The van der Waals surface area contributed by atoms with Crippen LogP contribution in [0.1, 0.15) is 12.0 Å². The fourth-order valence-corrected chi connectivity index (χ4v) is 2.11. The van der Waals surface area contributed by atoms with E-state index in [2.05, 4.69) is 10.6 Å². The Morgan fingerprint density at radius 1 is 0.955 bits per heavy atom. The summed E-state index contributed by atoms with van der Waals surface area (Å²) >= 11 is 5.07. The minimum absolute atomic E-state index is 0.251. The van der Waals surface area contributed by atoms with Gasteiger partial charge in [0.05, 0.1) is 0 Å². The number of hydrogen-bond acceptors (Lipinski definition) is 1. The van der Waals surface area contributed by atoms with Gasteiger partial charge >= 0.3 is 0 Å². The molecule has 6 heteroatoms. The van der Waals surface area contributed by atoms with E-state index in [0.717, 1.165) is 30.5 Å². The first-order chi connectivity index (χ1) is 10.5. The predicted molar refractivity (Wildman–Crippen MR) is 85.3 cm³/mol. The largest absolute Gasteiger partial charge is 0.362 e. The summed E-state index contributed by atoms with van der Waals surface area (Å²) in [6.45, 7) is 0.618. The zero-order valence-electron chi connectivity index (χ0n) is 11.7. The lowest BCUT2D eigenvalue weighted by molar-refractivity contribution is 0.509. The molecule has 0 radical (unpaired) electrons. The lowest BCUT2D eigenvalue weighted by atomic mass is 10.1. The summed E-state index contributed by atoms with van der Waals surface area (Å²) in [6.07, 6.45) is 1.60. The van der Waals surface area contributed by atoms with Crippen LogP contribution in [0.5, 0.6) is 0 Å². The summed E-state index contributed by atoms with van der Waals surface area (Å²) in [5.41, 5.74) is 1.43. The first-order valence-electron chi connectivity index (χ1n) is 6.79. The van der Waals surface area contributed by atoms with Crippen molar-refractivity contribution in [2.24, 2.45) is 0 Å². The van der Waals surface area contributed by atoms with Crippen molar-refractivity contribution in [1.29, 1.82) is 0 Å². The molecule has 0 aliphatic carbocycles. The molecule has 0 heterocycles. The summed E-state index contributed by atoms with van der Waals surface area (Å²) < 4.78 is 38.6. The van der Waals surface area contributed by atoms with Crippen LogP contribution in [0.2, 0.25) is 0 Å². The maximum Gasteiger partial charge on any atom is 0.170 e. The second-order valence-corrected chi connectivity index (χ2v) is 5.15. The molecule has 0 unspecified atom stereocenters. The Labute approximate surface area is 132 Å². The molecular weight excluding hydrogens is 309 g/mol. The minimum atomic E-state index is -0.927. The number of thiocarbonyl (C=S) groups is 1. The standard InChI is InChI=1S/C16H15F3N2S/c17-12-5-3-11(4-6-12)2-1-9-20-16(22)21-13-7-8-14(18)15(19)10-13/h3-8,10H,1-2,9H2,(H2,20,21,22). The highest BCUT2D eigenvalue weighted by molar-refractivity contribution is 7.80. The van der Waals surface area contributed by atoms with Gasteiger partial charge in [0.15, 0.2) is 16.7 Å². The second kappa shape index (κ2) is 7.79. The Morgan fingerprint density at radius 3 is 2.36 bits per heavy atom. The number of nitrogens with one attached hydrogen (secondary N) is 2. The fraction of sp³-hybridized carbons (Fsp3) is 0.188. The fourth-order valence-electron chi connectivity index (χ4n) is 1.89. The molecule has 0 saturated carbocycles. The number of aryl methyl sites for hydroxylation is 1. The molecule has 0 spiro atoms. The number of benzene rings is 2. The molecule has 2 nitrogen and oxygen atoms in total. The maximum absolute atomic E-state index is 13.0. The third-order valence-electron chi connectivity index (χ3n) is 3.02. The van der Waals surface area contributed by atoms with E-state index in [1.165, 1.54) is 18.2 Å². The summed E-state index contributed by atoms with van der Waals surface area (Å²) in [5, 5.41) is 6.10. The molecule has 0 amide bonds. The first kappa shape index (κ1) is 16.3. The maximum atomic E-state index is 13.0. The van der Waals surface area contributed by atoms with Crippen LogP contribution in [0, 0.1) is 17.5 Å². The number of anilines is 1. The van der Waals surface area contributed by atoms with Gasteiger partial charge in [0.2, 0.25) is 0 Å². The quantitative estimate of drug-likeness (QED) is 0.641. The van der Waals surface area contributed by atoms with Gasteiger partial charge in [0.1, 0.15) is 5.82 Å². The third-order valence-corrected chi connectivity index (χ3v) is 3.26. The van der Waals surface area contributed by atoms with Gasteiger partial charge in [-0.3, -0.25) is 0 Å². The SMILES string of the molecule is Fc1ccc(CCCNC(=S)Nc2ccc(F)c(F)c2)cc1. The molecule has 2 rings (SSSR count). The highest BCUT2D eigenvalue weighted by atomic mass is 32.1. The van der Waals surface area contributed by atoms with Crippen LogP contribution in [0.25, 0.3) is 0 Å². The van der Waals surface area contributed by atoms with E-state index in [1.807, 2.05) is 0 Å². The van der Waals surface area contributed by atoms with Gasteiger partial charge in [-0.15, -0.1) is 0 Å². The smallest absolute Gasteiger partial charge is 0.170 e. The van der Waals surface area contributed by atoms with E-state index in [0.29, 0.717) is 17.3 Å². The van der Waals surface area contributed by atoms with Crippen LogP contribution in [0.4, 0.5) is 18.9 Å². The van der Waals surface area contributed by atoms with Crippen molar-refractivity contribution in [3.63, 3.8) is 0 Å². The number of halogens is 3. The Morgan fingerprint density at radius 2 is 1.68 bits per heavy atom. The highest BCUT2D eigenvalue weighted by Gasteiger charge is 2.03. The highest BCUT2D eigenvalue weighted by Crippen LogP contribution is 2.12. The molecule has 0 aromatic heterocycles. The second-order valence-electron chi connectivity index (χ2n) is 4.74. The third kappa shape index (κ3) is 5.04. The van der Waals surface area contributed by atoms with E-state index in [1.54, 1.807) is 12.1 Å². The minimum Gasteiger partial charge on any atom is -0.362 e. The van der Waals surface area contributed by atoms with Crippen LogP contribution >= 0.6 is 12.2 Å². The summed E-state index contributed by atoms with van der Waals surface area (Å²) in [7, 11) is 0. The molecular formula is C16H15F3N2S. The van der Waals surface area contributed by atoms with Gasteiger partial charge in [-0.1, -0.05) is 12.1 Å². The predicted octanol–water partition coefficient (Wildman–Crippen LogP) is 4.02. The molecule has 0 aliphatic heterocycles. The van der Waals surface area contributed by atoms with E-state index >= 15 is 0 Å². The van der Waals surface area contributed by atoms with Gasteiger partial charge in [0, 0.05) is 18.3 Å². The average molecular weight is 324 g/mol. The van der Waals surface area contributed by atoms with E-state index < -0.39 is 11.6 Å². The molecule has 2 N–H and O–H groups in total. The van der Waals surface area contributed by atoms with Crippen molar-refractivity contribution in [1.82, 2.24) is 5.32 Å². The van der Waals surface area contributed by atoms with Crippen molar-refractivity contribution < 1.29 is 13.2 Å². The Hall–Kier alpha value is -2.08. The zero-order valence-corrected chi connectivity index (χ0v) is 12.5. The lowest BCUT2D eigenvalue weighted by Crippen LogP contribution is -2.29. The molecule has 22 heavy (non-hydrogen) atoms. The molecule has 0 saturated heterocycles. The average Bonchev–Trinajstić information content (AvgIpc) is 2.49. The molecule has 116 valence electrons. The summed E-state index contributed by atoms with van der Waals surface area (Å²) in [4.78, 5) is 0.